The van der Waals surface area contributed by atoms with E-state index in [0.717, 1.165) is 161 Å². The average molecular weight is 821 g/mol. The van der Waals surface area contributed by atoms with Crippen LogP contribution in [0.4, 0.5) is 0 Å². The fourth-order valence-corrected chi connectivity index (χ4v) is 8.36. The summed E-state index contributed by atoms with van der Waals surface area (Å²) in [6, 6.07) is 14.5. The van der Waals surface area contributed by atoms with Gasteiger partial charge in [0.05, 0.1) is 48.7 Å². The first kappa shape index (κ1) is 46.3. The van der Waals surface area contributed by atoms with Crippen molar-refractivity contribution in [1.82, 2.24) is 0 Å². The third-order valence-electron chi connectivity index (χ3n) is 11.7. The SMILES string of the molecule is CCCCCCCOC(=O)c1ccc2c3ccc(C(=O)OCCCCCCC)c4c(C(=O)OCCCCCCC)ccc(c5ccc(C(=O)OCCCCCCC)c1c25)c43. The summed E-state index contributed by atoms with van der Waals surface area (Å²) in [5, 5.41) is 5.52. The molecule has 0 N–H and O–H groups in total. The Labute approximate surface area is 357 Å². The molecule has 0 unspecified atom stereocenters. The van der Waals surface area contributed by atoms with Gasteiger partial charge in [-0.3, -0.25) is 0 Å². The van der Waals surface area contributed by atoms with E-state index < -0.39 is 23.9 Å². The maximum Gasteiger partial charge on any atom is 0.338 e. The van der Waals surface area contributed by atoms with Crippen LogP contribution in [0.25, 0.3) is 43.1 Å². The second-order valence-electron chi connectivity index (χ2n) is 16.3. The van der Waals surface area contributed by atoms with Crippen molar-refractivity contribution in [1.29, 1.82) is 0 Å². The minimum atomic E-state index is -0.487. The fraction of sp³-hybridized carbons (Fsp3) is 0.538. The summed E-state index contributed by atoms with van der Waals surface area (Å²) >= 11 is 0. The summed E-state index contributed by atoms with van der Waals surface area (Å²) in [6.45, 7) is 9.84. The first-order chi connectivity index (χ1) is 29.4. The quantitative estimate of drug-likeness (QED) is 0.0161. The van der Waals surface area contributed by atoms with Crippen LogP contribution in [0, 0.1) is 0 Å². The molecule has 0 aromatic heterocycles. The van der Waals surface area contributed by atoms with E-state index >= 15 is 0 Å². The zero-order valence-corrected chi connectivity index (χ0v) is 36.9. The Bertz CT molecular complexity index is 1870. The van der Waals surface area contributed by atoms with Gasteiger partial charge >= 0.3 is 23.9 Å². The summed E-state index contributed by atoms with van der Waals surface area (Å²) < 4.78 is 23.4. The molecule has 324 valence electrons. The van der Waals surface area contributed by atoms with Crippen LogP contribution in [0.5, 0.6) is 0 Å². The highest BCUT2D eigenvalue weighted by Crippen LogP contribution is 2.44. The van der Waals surface area contributed by atoms with Gasteiger partial charge in [-0.25, -0.2) is 19.2 Å². The van der Waals surface area contributed by atoms with Crippen molar-refractivity contribution in [3.63, 3.8) is 0 Å². The first-order valence-corrected chi connectivity index (χ1v) is 23.3. The van der Waals surface area contributed by atoms with Crippen LogP contribution in [0.3, 0.4) is 0 Å². The van der Waals surface area contributed by atoms with Crippen LogP contribution < -0.4 is 0 Å². The topological polar surface area (TPSA) is 105 Å². The molecule has 0 bridgehead atoms. The number of unbranched alkanes of at least 4 members (excludes halogenated alkanes) is 16. The van der Waals surface area contributed by atoms with Gasteiger partial charge < -0.3 is 18.9 Å². The number of ether oxygens (including phenoxy) is 4. The minimum absolute atomic E-state index is 0.292. The predicted octanol–water partition coefficient (Wildman–Crippen LogP) is 14.2. The highest BCUT2D eigenvalue weighted by molar-refractivity contribution is 6.38. The number of hydrogen-bond donors (Lipinski definition) is 0. The monoisotopic (exact) mass is 820 g/mol. The van der Waals surface area contributed by atoms with Crippen LogP contribution in [-0.4, -0.2) is 50.3 Å². The molecule has 5 aromatic rings. The van der Waals surface area contributed by atoms with E-state index in [0.29, 0.717) is 59.5 Å². The second-order valence-corrected chi connectivity index (χ2v) is 16.3. The van der Waals surface area contributed by atoms with E-state index in [9.17, 15) is 19.2 Å². The van der Waals surface area contributed by atoms with Crippen molar-refractivity contribution in [2.75, 3.05) is 26.4 Å². The Morgan fingerprint density at radius 1 is 0.300 bits per heavy atom. The van der Waals surface area contributed by atoms with Crippen molar-refractivity contribution in [3.8, 4) is 0 Å². The molecule has 0 saturated heterocycles. The van der Waals surface area contributed by atoms with Gasteiger partial charge in [-0.15, -0.1) is 0 Å². The van der Waals surface area contributed by atoms with Crippen LogP contribution in [0.15, 0.2) is 48.5 Å². The Hall–Kier alpha value is -4.72. The molecule has 5 rings (SSSR count). The molecular formula is C52H68O8. The number of carbonyl (C=O) groups is 4. The van der Waals surface area contributed by atoms with E-state index in [4.69, 9.17) is 18.9 Å². The van der Waals surface area contributed by atoms with Gasteiger partial charge in [0.25, 0.3) is 0 Å². The molecule has 0 atom stereocenters. The standard InChI is InChI=1S/C52H68O8/c1-5-9-13-17-21-33-57-49(53)41-29-25-37-39-27-31-43(51(55)59-35-23-19-15-11-7-3)48-44(52(56)60-36-24-20-16-12-8-4)32-28-40(46(39)48)38-26-30-42(47(41)45(37)38)50(54)58-34-22-18-14-10-6-2/h25-32H,5-24,33-36H2,1-4H3. The lowest BCUT2D eigenvalue weighted by Gasteiger charge is -2.20. The number of hydrogen-bond acceptors (Lipinski definition) is 8. The predicted molar refractivity (Wildman–Crippen MR) is 244 cm³/mol. The van der Waals surface area contributed by atoms with E-state index in [1.54, 1.807) is 24.3 Å². The molecular weight excluding hydrogens is 753 g/mol. The average Bonchev–Trinajstić information content (AvgIpc) is 3.26. The zero-order valence-electron chi connectivity index (χ0n) is 36.9. The molecule has 0 spiro atoms. The lowest BCUT2D eigenvalue weighted by atomic mass is 9.84. The molecule has 0 heterocycles. The normalized spacial score (nSPS) is 11.5. The number of carbonyl (C=O) groups excluding carboxylic acids is 4. The number of benzene rings is 5. The number of rotatable bonds is 28. The van der Waals surface area contributed by atoms with Crippen LogP contribution >= 0.6 is 0 Å². The fourth-order valence-electron chi connectivity index (χ4n) is 8.36. The zero-order chi connectivity index (χ0) is 42.7. The molecule has 5 aromatic carbocycles. The molecule has 0 saturated carbocycles. The van der Waals surface area contributed by atoms with Crippen LogP contribution in [0.2, 0.25) is 0 Å². The third-order valence-corrected chi connectivity index (χ3v) is 11.7. The lowest BCUT2D eigenvalue weighted by molar-refractivity contribution is 0.0483. The molecule has 0 fully saturated rings. The molecule has 0 aliphatic heterocycles. The van der Waals surface area contributed by atoms with E-state index in [1.807, 2.05) is 24.3 Å². The van der Waals surface area contributed by atoms with Gasteiger partial charge in [-0.1, -0.05) is 155 Å². The van der Waals surface area contributed by atoms with E-state index in [2.05, 4.69) is 27.7 Å². The smallest absolute Gasteiger partial charge is 0.338 e. The van der Waals surface area contributed by atoms with Crippen LogP contribution in [-0.2, 0) is 18.9 Å². The highest BCUT2D eigenvalue weighted by atomic mass is 16.5. The summed E-state index contributed by atoms with van der Waals surface area (Å²) in [7, 11) is 0. The van der Waals surface area contributed by atoms with Gasteiger partial charge in [0, 0.05) is 10.8 Å². The molecule has 0 aliphatic carbocycles. The Morgan fingerprint density at radius 2 is 0.517 bits per heavy atom. The Kier molecular flexibility index (Phi) is 18.9. The molecule has 60 heavy (non-hydrogen) atoms. The number of fused-ring (bicyclic) bond motifs is 2. The Morgan fingerprint density at radius 3 is 0.733 bits per heavy atom. The lowest BCUT2D eigenvalue weighted by Crippen LogP contribution is -2.13. The summed E-state index contributed by atoms with van der Waals surface area (Å²) in [4.78, 5) is 55.7. The van der Waals surface area contributed by atoms with E-state index in [1.165, 1.54) is 0 Å². The molecule has 0 aliphatic rings. The van der Waals surface area contributed by atoms with Crippen LogP contribution in [0.1, 0.15) is 198 Å². The van der Waals surface area contributed by atoms with E-state index in [-0.39, 0.29) is 0 Å². The maximum absolute atomic E-state index is 13.9. The molecule has 0 amide bonds. The number of esters is 4. The van der Waals surface area contributed by atoms with Gasteiger partial charge in [0.2, 0.25) is 0 Å². The van der Waals surface area contributed by atoms with Crippen molar-refractivity contribution < 1.29 is 38.1 Å². The second kappa shape index (κ2) is 24.5. The van der Waals surface area contributed by atoms with Crippen molar-refractivity contribution in [3.05, 3.63) is 70.8 Å². The Balaban J connectivity index is 1.62. The third kappa shape index (κ3) is 11.8. The first-order valence-electron chi connectivity index (χ1n) is 23.3. The highest BCUT2D eigenvalue weighted by Gasteiger charge is 2.27. The van der Waals surface area contributed by atoms with Gasteiger partial charge in [-0.05, 0) is 82.3 Å². The maximum atomic E-state index is 13.9. The molecule has 8 heteroatoms. The van der Waals surface area contributed by atoms with Gasteiger partial charge in [0.1, 0.15) is 0 Å². The van der Waals surface area contributed by atoms with Gasteiger partial charge in [-0.2, -0.15) is 0 Å². The van der Waals surface area contributed by atoms with Crippen molar-refractivity contribution >= 4 is 67.0 Å². The summed E-state index contributed by atoms with van der Waals surface area (Å²) in [6.07, 6.45) is 20.4. The van der Waals surface area contributed by atoms with Gasteiger partial charge in [0.15, 0.2) is 0 Å². The largest absolute Gasteiger partial charge is 0.462 e. The molecule has 8 nitrogen and oxygen atoms in total. The molecule has 0 radical (unpaired) electrons. The summed E-state index contributed by atoms with van der Waals surface area (Å²) in [5.74, 6) is -1.95. The summed E-state index contributed by atoms with van der Waals surface area (Å²) in [5.41, 5.74) is 1.21. The van der Waals surface area contributed by atoms with Crippen molar-refractivity contribution in [2.45, 2.75) is 156 Å². The minimum Gasteiger partial charge on any atom is -0.462 e. The van der Waals surface area contributed by atoms with Crippen molar-refractivity contribution in [2.24, 2.45) is 0 Å².